The minimum absolute atomic E-state index is 0.0484. The number of hydrogen-bond donors (Lipinski definition) is 2. The lowest BCUT2D eigenvalue weighted by molar-refractivity contribution is -0.137. The van der Waals surface area contributed by atoms with Crippen LogP contribution in [0, 0.1) is 13.8 Å². The monoisotopic (exact) mass is 379 g/mol. The number of nitrogens with one attached hydrogen (secondary N) is 2. The molecule has 0 unspecified atom stereocenters. The number of urea groups is 1. The zero-order chi connectivity index (χ0) is 19.6. The Morgan fingerprint density at radius 3 is 2.30 bits per heavy atom. The van der Waals surface area contributed by atoms with Crippen molar-refractivity contribution in [1.29, 1.82) is 0 Å². The summed E-state index contributed by atoms with van der Waals surface area (Å²) >= 11 is 0. The maximum absolute atomic E-state index is 12.8. The predicted octanol–water partition coefficient (Wildman–Crippen LogP) is 4.36. The van der Waals surface area contributed by atoms with Gasteiger partial charge in [-0.1, -0.05) is 6.07 Å². The molecule has 1 aromatic carbocycles. The zero-order valence-corrected chi connectivity index (χ0v) is 15.0. The molecule has 2 aromatic rings. The first kappa shape index (κ1) is 18.9. The van der Waals surface area contributed by atoms with Crippen LogP contribution in [0.2, 0.25) is 0 Å². The summed E-state index contributed by atoms with van der Waals surface area (Å²) in [5.41, 5.74) is 0.868. The highest BCUT2D eigenvalue weighted by Gasteiger charge is 2.30. The van der Waals surface area contributed by atoms with Gasteiger partial charge in [0.05, 0.1) is 22.6 Å². The molecule has 2 N–H and O–H groups in total. The number of rotatable bonds is 3. The minimum atomic E-state index is -4.47. The standard InChI is InChI=1S/C18H20F3N5O/c1-11-15(12(2)23-16(22-11)26-8-3-4-9-26)25-17(27)24-14-7-5-6-13(10-14)18(19,20)21/h5-7,10H,3-4,8-9H2,1-2H3,(H2,24,25,27). The smallest absolute Gasteiger partial charge is 0.341 e. The van der Waals surface area contributed by atoms with E-state index in [9.17, 15) is 18.0 Å². The summed E-state index contributed by atoms with van der Waals surface area (Å²) in [5, 5.41) is 5.04. The molecule has 1 aliphatic rings. The van der Waals surface area contributed by atoms with Gasteiger partial charge in [-0.15, -0.1) is 0 Å². The Hall–Kier alpha value is -2.84. The molecule has 2 amide bonds. The largest absolute Gasteiger partial charge is 0.416 e. The predicted molar refractivity (Wildman–Crippen MR) is 97.0 cm³/mol. The molecule has 0 spiro atoms. The van der Waals surface area contributed by atoms with E-state index in [0.29, 0.717) is 23.0 Å². The molecule has 6 nitrogen and oxygen atoms in total. The summed E-state index contributed by atoms with van der Waals surface area (Å²) < 4.78 is 38.3. The van der Waals surface area contributed by atoms with Gasteiger partial charge >= 0.3 is 12.2 Å². The molecule has 144 valence electrons. The number of carbonyl (C=O) groups excluding carboxylic acids is 1. The van der Waals surface area contributed by atoms with Crippen molar-refractivity contribution in [2.45, 2.75) is 32.9 Å². The molecule has 0 atom stereocenters. The molecule has 9 heteroatoms. The van der Waals surface area contributed by atoms with Crippen LogP contribution in [-0.2, 0) is 6.18 Å². The molecule has 0 radical (unpaired) electrons. The van der Waals surface area contributed by atoms with Crippen LogP contribution in [0.15, 0.2) is 24.3 Å². The number of anilines is 3. The number of nitrogens with zero attached hydrogens (tertiary/aromatic N) is 3. The maximum Gasteiger partial charge on any atom is 0.416 e. The van der Waals surface area contributed by atoms with Gasteiger partial charge in [0.2, 0.25) is 5.95 Å². The van der Waals surface area contributed by atoms with Gasteiger partial charge in [0.1, 0.15) is 0 Å². The van der Waals surface area contributed by atoms with Crippen molar-refractivity contribution < 1.29 is 18.0 Å². The molecule has 1 aliphatic heterocycles. The van der Waals surface area contributed by atoms with Gasteiger partial charge in [0, 0.05) is 18.8 Å². The number of amides is 2. The molecule has 1 fully saturated rings. The van der Waals surface area contributed by atoms with E-state index in [1.54, 1.807) is 13.8 Å². The second-order valence-corrected chi connectivity index (χ2v) is 6.42. The number of benzene rings is 1. The van der Waals surface area contributed by atoms with Crippen molar-refractivity contribution in [3.8, 4) is 0 Å². The van der Waals surface area contributed by atoms with Crippen LogP contribution in [0.4, 0.5) is 35.3 Å². The van der Waals surface area contributed by atoms with E-state index < -0.39 is 17.8 Å². The number of aromatic nitrogens is 2. The van der Waals surface area contributed by atoms with Crippen LogP contribution in [0.25, 0.3) is 0 Å². The summed E-state index contributed by atoms with van der Waals surface area (Å²) in [6, 6.07) is 3.80. The van der Waals surface area contributed by atoms with E-state index in [1.807, 2.05) is 0 Å². The summed E-state index contributed by atoms with van der Waals surface area (Å²) in [6.45, 7) is 5.33. The number of alkyl halides is 3. The lowest BCUT2D eigenvalue weighted by Crippen LogP contribution is -2.24. The maximum atomic E-state index is 12.8. The van der Waals surface area contributed by atoms with Gasteiger partial charge in [0.25, 0.3) is 0 Å². The van der Waals surface area contributed by atoms with Crippen LogP contribution < -0.4 is 15.5 Å². The number of hydrogen-bond acceptors (Lipinski definition) is 4. The third-order valence-electron chi connectivity index (χ3n) is 4.33. The SMILES string of the molecule is Cc1nc(N2CCCC2)nc(C)c1NC(=O)Nc1cccc(C(F)(F)F)c1. The quantitative estimate of drug-likeness (QED) is 0.832. The molecule has 2 heterocycles. The molecule has 1 aromatic heterocycles. The minimum Gasteiger partial charge on any atom is -0.341 e. The fourth-order valence-corrected chi connectivity index (χ4v) is 2.99. The first-order chi connectivity index (χ1) is 12.7. The van der Waals surface area contributed by atoms with Crippen molar-refractivity contribution in [1.82, 2.24) is 9.97 Å². The summed E-state index contributed by atoms with van der Waals surface area (Å²) in [5.74, 6) is 0.631. The van der Waals surface area contributed by atoms with Gasteiger partial charge < -0.3 is 15.5 Å². The van der Waals surface area contributed by atoms with E-state index in [4.69, 9.17) is 0 Å². The van der Waals surface area contributed by atoms with Gasteiger partial charge in [-0.05, 0) is 44.9 Å². The molecular formula is C18H20F3N5O. The van der Waals surface area contributed by atoms with Crippen molar-refractivity contribution in [2.24, 2.45) is 0 Å². The first-order valence-corrected chi connectivity index (χ1v) is 8.59. The van der Waals surface area contributed by atoms with Crippen LogP contribution in [0.5, 0.6) is 0 Å². The molecule has 0 saturated carbocycles. The zero-order valence-electron chi connectivity index (χ0n) is 15.0. The highest BCUT2D eigenvalue weighted by atomic mass is 19.4. The Morgan fingerprint density at radius 2 is 1.70 bits per heavy atom. The van der Waals surface area contributed by atoms with Crippen LogP contribution in [-0.4, -0.2) is 29.1 Å². The van der Waals surface area contributed by atoms with Crippen LogP contribution in [0.1, 0.15) is 29.8 Å². The topological polar surface area (TPSA) is 70.2 Å². The van der Waals surface area contributed by atoms with Crippen LogP contribution in [0.3, 0.4) is 0 Å². The Labute approximate surface area is 154 Å². The summed E-state index contributed by atoms with van der Waals surface area (Å²) in [7, 11) is 0. The second-order valence-electron chi connectivity index (χ2n) is 6.42. The van der Waals surface area contributed by atoms with E-state index in [2.05, 4.69) is 25.5 Å². The third kappa shape index (κ3) is 4.47. The number of halogens is 3. The van der Waals surface area contributed by atoms with E-state index in [1.165, 1.54) is 12.1 Å². The van der Waals surface area contributed by atoms with Gasteiger partial charge in [-0.3, -0.25) is 0 Å². The molecule has 0 bridgehead atoms. The van der Waals surface area contributed by atoms with Crippen LogP contribution >= 0.6 is 0 Å². The highest BCUT2D eigenvalue weighted by molar-refractivity contribution is 6.00. The van der Waals surface area contributed by atoms with Gasteiger partial charge in [-0.25, -0.2) is 14.8 Å². The highest BCUT2D eigenvalue weighted by Crippen LogP contribution is 2.30. The third-order valence-corrected chi connectivity index (χ3v) is 4.33. The average Bonchev–Trinajstić information content (AvgIpc) is 3.12. The summed E-state index contributed by atoms with van der Waals surface area (Å²) in [4.78, 5) is 23.2. The van der Waals surface area contributed by atoms with Crippen molar-refractivity contribution in [3.63, 3.8) is 0 Å². The summed E-state index contributed by atoms with van der Waals surface area (Å²) in [6.07, 6.45) is -2.28. The number of carbonyl (C=O) groups is 1. The van der Waals surface area contributed by atoms with Crippen molar-refractivity contribution in [3.05, 3.63) is 41.2 Å². The van der Waals surface area contributed by atoms with E-state index >= 15 is 0 Å². The normalized spacial score (nSPS) is 14.3. The molecule has 27 heavy (non-hydrogen) atoms. The van der Waals surface area contributed by atoms with Crippen molar-refractivity contribution >= 4 is 23.4 Å². The Bertz CT molecular complexity index is 824. The second kappa shape index (κ2) is 7.42. The average molecular weight is 379 g/mol. The van der Waals surface area contributed by atoms with E-state index in [-0.39, 0.29) is 5.69 Å². The molecule has 0 aliphatic carbocycles. The number of aryl methyl sites for hydroxylation is 2. The Kier molecular flexibility index (Phi) is 5.20. The van der Waals surface area contributed by atoms with Crippen molar-refractivity contribution in [2.75, 3.05) is 28.6 Å². The fourth-order valence-electron chi connectivity index (χ4n) is 2.99. The Morgan fingerprint density at radius 1 is 1.07 bits per heavy atom. The molecule has 1 saturated heterocycles. The Balaban J connectivity index is 1.72. The lowest BCUT2D eigenvalue weighted by atomic mass is 10.2. The molecular weight excluding hydrogens is 359 g/mol. The molecule has 3 rings (SSSR count). The van der Waals surface area contributed by atoms with Gasteiger partial charge in [0.15, 0.2) is 0 Å². The lowest BCUT2D eigenvalue weighted by Gasteiger charge is -2.18. The van der Waals surface area contributed by atoms with E-state index in [0.717, 1.165) is 38.1 Å². The first-order valence-electron chi connectivity index (χ1n) is 8.59. The fraction of sp³-hybridized carbons (Fsp3) is 0.389. The van der Waals surface area contributed by atoms with Gasteiger partial charge in [-0.2, -0.15) is 13.2 Å².